The van der Waals surface area contributed by atoms with Gasteiger partial charge in [-0.1, -0.05) is 64.5 Å². The van der Waals surface area contributed by atoms with E-state index in [0.717, 1.165) is 5.92 Å². The average Bonchev–Trinajstić information content (AvgIpc) is 2.15. The summed E-state index contributed by atoms with van der Waals surface area (Å²) in [5.74, 6) is 0.893. The van der Waals surface area contributed by atoms with Gasteiger partial charge in [-0.25, -0.2) is 0 Å². The van der Waals surface area contributed by atoms with Crippen LogP contribution in [0.5, 0.6) is 0 Å². The second kappa shape index (κ2) is 10.8. The van der Waals surface area contributed by atoms with Crippen LogP contribution >= 0.6 is 0 Å². The lowest BCUT2D eigenvalue weighted by Gasteiger charge is -2.03. The molecule has 0 rings (SSSR count). The lowest BCUT2D eigenvalue weighted by molar-refractivity contribution is 0.512. The molecule has 0 aromatic rings. The monoisotopic (exact) mass is 196 g/mol. The van der Waals surface area contributed by atoms with Gasteiger partial charge in [0, 0.05) is 0 Å². The maximum Gasteiger partial charge on any atom is -0.0351 e. The zero-order chi connectivity index (χ0) is 10.6. The predicted octanol–water partition coefficient (Wildman–Crippen LogP) is 5.34. The molecule has 0 aliphatic rings. The fourth-order valence-electron chi connectivity index (χ4n) is 1.69. The van der Waals surface area contributed by atoms with E-state index in [9.17, 15) is 0 Å². The molecule has 0 heteroatoms. The largest absolute Gasteiger partial charge is 0.0917 e. The van der Waals surface area contributed by atoms with Crippen LogP contribution in [0.4, 0.5) is 0 Å². The van der Waals surface area contributed by atoms with Gasteiger partial charge in [-0.05, 0) is 25.7 Å². The summed E-state index contributed by atoms with van der Waals surface area (Å²) in [6.45, 7) is 6.74. The van der Waals surface area contributed by atoms with E-state index >= 15 is 0 Å². The van der Waals surface area contributed by atoms with Crippen LogP contribution in [0.1, 0.15) is 72.1 Å². The molecule has 0 bridgehead atoms. The standard InChI is InChI=1S/C14H28/c1-4-5-6-7-8-9-10-11-12-13-14(2)3/h4-5,14H,6-13H2,1-3H3. The normalized spacial score (nSPS) is 11.7. The van der Waals surface area contributed by atoms with Gasteiger partial charge in [0.1, 0.15) is 0 Å². The van der Waals surface area contributed by atoms with E-state index in [0.29, 0.717) is 0 Å². The zero-order valence-electron chi connectivity index (χ0n) is 10.4. The van der Waals surface area contributed by atoms with E-state index in [4.69, 9.17) is 0 Å². The lowest BCUT2D eigenvalue weighted by atomic mass is 10.0. The van der Waals surface area contributed by atoms with Gasteiger partial charge < -0.3 is 0 Å². The van der Waals surface area contributed by atoms with Crippen molar-refractivity contribution in [3.63, 3.8) is 0 Å². The molecule has 0 amide bonds. The predicted molar refractivity (Wildman–Crippen MR) is 66.6 cm³/mol. The van der Waals surface area contributed by atoms with Crippen molar-refractivity contribution in [3.8, 4) is 0 Å². The summed E-state index contributed by atoms with van der Waals surface area (Å²) in [5.41, 5.74) is 0. The highest BCUT2D eigenvalue weighted by Crippen LogP contribution is 2.11. The zero-order valence-corrected chi connectivity index (χ0v) is 10.4. The van der Waals surface area contributed by atoms with Crippen molar-refractivity contribution in [3.05, 3.63) is 12.2 Å². The van der Waals surface area contributed by atoms with Crippen molar-refractivity contribution in [2.45, 2.75) is 72.1 Å². The SMILES string of the molecule is CC=CCCCCCCCCC(C)C. The minimum atomic E-state index is 0.893. The quantitative estimate of drug-likeness (QED) is 0.345. The molecule has 0 heterocycles. The van der Waals surface area contributed by atoms with Gasteiger partial charge in [-0.3, -0.25) is 0 Å². The first-order chi connectivity index (χ1) is 6.77. The molecule has 0 fully saturated rings. The Balaban J connectivity index is 2.92. The first-order valence-corrected chi connectivity index (χ1v) is 6.38. The minimum Gasteiger partial charge on any atom is -0.0917 e. The van der Waals surface area contributed by atoms with Crippen LogP contribution in [0.2, 0.25) is 0 Å². The number of hydrogen-bond acceptors (Lipinski definition) is 0. The van der Waals surface area contributed by atoms with Gasteiger partial charge in [-0.2, -0.15) is 0 Å². The first-order valence-electron chi connectivity index (χ1n) is 6.38. The molecular formula is C14H28. The fraction of sp³-hybridized carbons (Fsp3) is 0.857. The Morgan fingerprint density at radius 1 is 0.857 bits per heavy atom. The Morgan fingerprint density at radius 2 is 1.43 bits per heavy atom. The Kier molecular flexibility index (Phi) is 10.6. The van der Waals surface area contributed by atoms with Gasteiger partial charge in [0.15, 0.2) is 0 Å². The van der Waals surface area contributed by atoms with E-state index in [1.54, 1.807) is 0 Å². The van der Waals surface area contributed by atoms with Crippen LogP contribution in [0.25, 0.3) is 0 Å². The third-order valence-corrected chi connectivity index (χ3v) is 2.64. The molecule has 0 aliphatic carbocycles. The van der Waals surface area contributed by atoms with Crippen molar-refractivity contribution in [2.75, 3.05) is 0 Å². The third-order valence-electron chi connectivity index (χ3n) is 2.64. The van der Waals surface area contributed by atoms with E-state index in [1.165, 1.54) is 51.4 Å². The molecule has 84 valence electrons. The van der Waals surface area contributed by atoms with E-state index in [-0.39, 0.29) is 0 Å². The van der Waals surface area contributed by atoms with Gasteiger partial charge in [0.05, 0.1) is 0 Å². The van der Waals surface area contributed by atoms with Crippen LogP contribution < -0.4 is 0 Å². The van der Waals surface area contributed by atoms with Crippen molar-refractivity contribution in [1.82, 2.24) is 0 Å². The number of unbranched alkanes of at least 4 members (excludes halogenated alkanes) is 6. The summed E-state index contributed by atoms with van der Waals surface area (Å²) in [6, 6.07) is 0. The van der Waals surface area contributed by atoms with Crippen LogP contribution in [-0.4, -0.2) is 0 Å². The van der Waals surface area contributed by atoms with Crippen LogP contribution in [0.3, 0.4) is 0 Å². The number of hydrogen-bond donors (Lipinski definition) is 0. The average molecular weight is 196 g/mol. The van der Waals surface area contributed by atoms with Crippen LogP contribution in [-0.2, 0) is 0 Å². The van der Waals surface area contributed by atoms with Crippen LogP contribution in [0.15, 0.2) is 12.2 Å². The molecular weight excluding hydrogens is 168 g/mol. The maximum absolute atomic E-state index is 2.32. The van der Waals surface area contributed by atoms with Crippen molar-refractivity contribution in [2.24, 2.45) is 5.92 Å². The number of allylic oxidation sites excluding steroid dienone is 2. The van der Waals surface area contributed by atoms with Gasteiger partial charge in [0.2, 0.25) is 0 Å². The summed E-state index contributed by atoms with van der Waals surface area (Å²) in [5, 5.41) is 0. The highest BCUT2D eigenvalue weighted by Gasteiger charge is 1.94. The molecule has 0 radical (unpaired) electrons. The molecule has 0 unspecified atom stereocenters. The molecule has 0 N–H and O–H groups in total. The molecule has 0 aromatic heterocycles. The summed E-state index contributed by atoms with van der Waals surface area (Å²) in [4.78, 5) is 0. The van der Waals surface area contributed by atoms with E-state index in [2.05, 4.69) is 32.9 Å². The van der Waals surface area contributed by atoms with E-state index < -0.39 is 0 Å². The lowest BCUT2D eigenvalue weighted by Crippen LogP contribution is -1.87. The Labute approximate surface area is 90.8 Å². The summed E-state index contributed by atoms with van der Waals surface area (Å²) in [6.07, 6.45) is 15.7. The Bertz CT molecular complexity index is 122. The minimum absolute atomic E-state index is 0.893. The van der Waals surface area contributed by atoms with Gasteiger partial charge in [-0.15, -0.1) is 0 Å². The second-order valence-electron chi connectivity index (χ2n) is 4.66. The second-order valence-corrected chi connectivity index (χ2v) is 4.66. The highest BCUT2D eigenvalue weighted by atomic mass is 14.0. The highest BCUT2D eigenvalue weighted by molar-refractivity contribution is 4.76. The maximum atomic E-state index is 2.32. The molecule has 0 saturated heterocycles. The van der Waals surface area contributed by atoms with Crippen molar-refractivity contribution in [1.29, 1.82) is 0 Å². The summed E-state index contributed by atoms with van der Waals surface area (Å²) < 4.78 is 0. The third kappa shape index (κ3) is 11.7. The smallest absolute Gasteiger partial charge is 0.0351 e. The Morgan fingerprint density at radius 3 is 2.00 bits per heavy atom. The van der Waals surface area contributed by atoms with Gasteiger partial charge in [0.25, 0.3) is 0 Å². The fourth-order valence-corrected chi connectivity index (χ4v) is 1.69. The first kappa shape index (κ1) is 13.7. The molecule has 0 aromatic carbocycles. The molecule has 14 heavy (non-hydrogen) atoms. The molecule has 0 saturated carbocycles. The van der Waals surface area contributed by atoms with Crippen molar-refractivity contribution >= 4 is 0 Å². The van der Waals surface area contributed by atoms with Gasteiger partial charge >= 0.3 is 0 Å². The van der Waals surface area contributed by atoms with E-state index in [1.807, 2.05) is 0 Å². The topological polar surface area (TPSA) is 0 Å². The number of rotatable bonds is 9. The molecule has 0 spiro atoms. The Hall–Kier alpha value is -0.260. The molecule has 0 atom stereocenters. The van der Waals surface area contributed by atoms with Crippen LogP contribution in [0, 0.1) is 5.92 Å². The molecule has 0 nitrogen and oxygen atoms in total. The summed E-state index contributed by atoms with van der Waals surface area (Å²) >= 11 is 0. The van der Waals surface area contributed by atoms with Crippen molar-refractivity contribution < 1.29 is 0 Å². The summed E-state index contributed by atoms with van der Waals surface area (Å²) in [7, 11) is 0. The molecule has 0 aliphatic heterocycles.